The largest absolute Gasteiger partial charge is 0.315 e. The van der Waals surface area contributed by atoms with Crippen molar-refractivity contribution in [3.05, 3.63) is 30.1 Å². The summed E-state index contributed by atoms with van der Waals surface area (Å²) in [7, 11) is 0. The van der Waals surface area contributed by atoms with Crippen LogP contribution in [-0.4, -0.2) is 30.7 Å². The second kappa shape index (κ2) is 5.83. The van der Waals surface area contributed by atoms with E-state index in [-0.39, 0.29) is 0 Å². The highest BCUT2D eigenvalue weighted by Gasteiger charge is 2.12. The van der Waals surface area contributed by atoms with E-state index in [1.165, 1.54) is 24.9 Å². The molecule has 1 unspecified atom stereocenters. The molecule has 2 N–H and O–H groups in total. The van der Waals surface area contributed by atoms with Gasteiger partial charge < -0.3 is 10.6 Å². The number of hydrogen-bond acceptors (Lipinski definition) is 3. The first kappa shape index (κ1) is 10.6. The highest BCUT2D eigenvalue weighted by Crippen LogP contribution is 2.03. The van der Waals surface area contributed by atoms with Crippen LogP contribution in [0, 0.1) is 0 Å². The van der Waals surface area contributed by atoms with Crippen molar-refractivity contribution in [2.24, 2.45) is 0 Å². The Hall–Kier alpha value is -0.930. The lowest BCUT2D eigenvalue weighted by Crippen LogP contribution is -2.34. The molecule has 0 aliphatic carbocycles. The Morgan fingerprint density at radius 2 is 2.27 bits per heavy atom. The topological polar surface area (TPSA) is 37.0 Å². The molecule has 1 aromatic heterocycles. The molecule has 0 saturated carbocycles. The van der Waals surface area contributed by atoms with Gasteiger partial charge in [-0.3, -0.25) is 4.98 Å². The van der Waals surface area contributed by atoms with E-state index in [9.17, 15) is 0 Å². The number of nitrogens with one attached hydrogen (secondary N) is 2. The lowest BCUT2D eigenvalue weighted by molar-refractivity contribution is 0.537. The second-order valence-electron chi connectivity index (χ2n) is 4.10. The molecular weight excluding hydrogens is 186 g/mol. The Morgan fingerprint density at radius 1 is 1.40 bits per heavy atom. The molecule has 0 bridgehead atoms. The number of nitrogens with zero attached hydrogens (tertiary/aromatic N) is 1. The molecule has 1 fully saturated rings. The number of aromatic nitrogens is 1. The average Bonchev–Trinajstić information content (AvgIpc) is 2.79. The van der Waals surface area contributed by atoms with E-state index in [1.807, 2.05) is 12.4 Å². The highest BCUT2D eigenvalue weighted by molar-refractivity contribution is 5.09. The minimum atomic E-state index is 0.697. The molecule has 0 spiro atoms. The van der Waals surface area contributed by atoms with Crippen LogP contribution in [0.2, 0.25) is 0 Å². The standard InChI is InChI=1S/C12H19N3/c1-2-12(15-6-1)10-14-9-5-11-3-7-13-8-4-11/h3-4,7-8,12,14-15H,1-2,5-6,9-10H2. The molecule has 82 valence electrons. The maximum absolute atomic E-state index is 4.01. The summed E-state index contributed by atoms with van der Waals surface area (Å²) in [6.07, 6.45) is 7.45. The normalized spacial score (nSPS) is 20.7. The van der Waals surface area contributed by atoms with Gasteiger partial charge in [-0.2, -0.15) is 0 Å². The van der Waals surface area contributed by atoms with E-state index in [1.54, 1.807) is 0 Å². The zero-order valence-electron chi connectivity index (χ0n) is 9.08. The quantitative estimate of drug-likeness (QED) is 0.703. The van der Waals surface area contributed by atoms with Gasteiger partial charge in [0.15, 0.2) is 0 Å². The zero-order valence-corrected chi connectivity index (χ0v) is 9.08. The van der Waals surface area contributed by atoms with Gasteiger partial charge in [0.2, 0.25) is 0 Å². The predicted octanol–water partition coefficient (Wildman–Crippen LogP) is 0.966. The van der Waals surface area contributed by atoms with E-state index in [2.05, 4.69) is 27.8 Å². The summed E-state index contributed by atoms with van der Waals surface area (Å²) in [5.41, 5.74) is 1.36. The van der Waals surface area contributed by atoms with Crippen molar-refractivity contribution in [2.45, 2.75) is 25.3 Å². The summed E-state index contributed by atoms with van der Waals surface area (Å²) >= 11 is 0. The molecule has 0 radical (unpaired) electrons. The fourth-order valence-corrected chi connectivity index (χ4v) is 1.99. The summed E-state index contributed by atoms with van der Waals surface area (Å²) in [5.74, 6) is 0. The molecule has 2 heterocycles. The lowest BCUT2D eigenvalue weighted by atomic mass is 10.2. The molecule has 1 aliphatic rings. The summed E-state index contributed by atoms with van der Waals surface area (Å²) < 4.78 is 0. The molecular formula is C12H19N3. The molecule has 3 heteroatoms. The maximum Gasteiger partial charge on any atom is 0.0270 e. The van der Waals surface area contributed by atoms with E-state index in [0.29, 0.717) is 6.04 Å². The van der Waals surface area contributed by atoms with E-state index >= 15 is 0 Å². The van der Waals surface area contributed by atoms with Gasteiger partial charge >= 0.3 is 0 Å². The molecule has 2 rings (SSSR count). The fraction of sp³-hybridized carbons (Fsp3) is 0.583. The number of hydrogen-bond donors (Lipinski definition) is 2. The van der Waals surface area contributed by atoms with Gasteiger partial charge in [0, 0.05) is 25.0 Å². The lowest BCUT2D eigenvalue weighted by Gasteiger charge is -2.11. The fourth-order valence-electron chi connectivity index (χ4n) is 1.99. The third kappa shape index (κ3) is 3.61. The van der Waals surface area contributed by atoms with Crippen LogP contribution in [0.3, 0.4) is 0 Å². The van der Waals surface area contributed by atoms with Gasteiger partial charge in [-0.1, -0.05) is 0 Å². The Balaban J connectivity index is 1.59. The number of pyridine rings is 1. The van der Waals surface area contributed by atoms with E-state index < -0.39 is 0 Å². The smallest absolute Gasteiger partial charge is 0.0270 e. The molecule has 0 aromatic carbocycles. The van der Waals surface area contributed by atoms with Gasteiger partial charge in [0.25, 0.3) is 0 Å². The summed E-state index contributed by atoms with van der Waals surface area (Å²) in [5, 5.41) is 6.98. The van der Waals surface area contributed by atoms with Gasteiger partial charge in [0.05, 0.1) is 0 Å². The second-order valence-corrected chi connectivity index (χ2v) is 4.10. The monoisotopic (exact) mass is 205 g/mol. The number of rotatable bonds is 5. The van der Waals surface area contributed by atoms with Crippen molar-refractivity contribution >= 4 is 0 Å². The van der Waals surface area contributed by atoms with Crippen LogP contribution in [0.4, 0.5) is 0 Å². The van der Waals surface area contributed by atoms with Crippen LogP contribution >= 0.6 is 0 Å². The molecule has 3 nitrogen and oxygen atoms in total. The molecule has 15 heavy (non-hydrogen) atoms. The highest BCUT2D eigenvalue weighted by atomic mass is 15.0. The Labute approximate surface area is 91.3 Å². The van der Waals surface area contributed by atoms with Crippen molar-refractivity contribution in [1.29, 1.82) is 0 Å². The third-order valence-electron chi connectivity index (χ3n) is 2.89. The maximum atomic E-state index is 4.01. The van der Waals surface area contributed by atoms with Crippen molar-refractivity contribution in [3.8, 4) is 0 Å². The molecule has 0 amide bonds. The first-order chi connectivity index (χ1) is 7.45. The third-order valence-corrected chi connectivity index (χ3v) is 2.89. The van der Waals surface area contributed by atoms with Crippen molar-refractivity contribution < 1.29 is 0 Å². The van der Waals surface area contributed by atoms with E-state index in [4.69, 9.17) is 0 Å². The Bertz CT molecular complexity index is 267. The van der Waals surface area contributed by atoms with Gasteiger partial charge in [0.1, 0.15) is 0 Å². The minimum Gasteiger partial charge on any atom is -0.315 e. The van der Waals surface area contributed by atoms with Crippen LogP contribution in [0.1, 0.15) is 18.4 Å². The Kier molecular flexibility index (Phi) is 4.11. The average molecular weight is 205 g/mol. The van der Waals surface area contributed by atoms with E-state index in [0.717, 1.165) is 19.5 Å². The van der Waals surface area contributed by atoms with Crippen LogP contribution in [0.15, 0.2) is 24.5 Å². The summed E-state index contributed by atoms with van der Waals surface area (Å²) in [6, 6.07) is 4.85. The van der Waals surface area contributed by atoms with Crippen molar-refractivity contribution in [2.75, 3.05) is 19.6 Å². The predicted molar refractivity (Wildman–Crippen MR) is 61.8 cm³/mol. The minimum absolute atomic E-state index is 0.697. The molecule has 1 atom stereocenters. The van der Waals surface area contributed by atoms with Crippen LogP contribution in [0.5, 0.6) is 0 Å². The van der Waals surface area contributed by atoms with Crippen LogP contribution in [0.25, 0.3) is 0 Å². The molecule has 1 aliphatic heterocycles. The van der Waals surface area contributed by atoms with Crippen LogP contribution < -0.4 is 10.6 Å². The molecule has 1 saturated heterocycles. The first-order valence-electron chi connectivity index (χ1n) is 5.78. The zero-order chi connectivity index (χ0) is 10.3. The van der Waals surface area contributed by atoms with Crippen LogP contribution in [-0.2, 0) is 6.42 Å². The van der Waals surface area contributed by atoms with Gasteiger partial charge in [-0.15, -0.1) is 0 Å². The summed E-state index contributed by atoms with van der Waals surface area (Å²) in [4.78, 5) is 4.01. The SMILES string of the molecule is c1cc(CCNCC2CCCN2)ccn1. The van der Waals surface area contributed by atoms with Crippen molar-refractivity contribution in [1.82, 2.24) is 15.6 Å². The summed E-state index contributed by atoms with van der Waals surface area (Å²) in [6.45, 7) is 3.35. The van der Waals surface area contributed by atoms with Gasteiger partial charge in [-0.25, -0.2) is 0 Å². The van der Waals surface area contributed by atoms with Gasteiger partial charge in [-0.05, 0) is 50.0 Å². The Morgan fingerprint density at radius 3 is 3.00 bits per heavy atom. The van der Waals surface area contributed by atoms with Crippen molar-refractivity contribution in [3.63, 3.8) is 0 Å². The first-order valence-corrected chi connectivity index (χ1v) is 5.78. The molecule has 1 aromatic rings.